The second kappa shape index (κ2) is 9.01. The maximum atomic E-state index is 11.8. The lowest BCUT2D eigenvalue weighted by atomic mass is 9.86. The van der Waals surface area contributed by atoms with Crippen molar-refractivity contribution in [2.75, 3.05) is 56.6 Å². The van der Waals surface area contributed by atoms with E-state index in [2.05, 4.69) is 14.9 Å². The highest BCUT2D eigenvalue weighted by Gasteiger charge is 2.45. The number of piperidine rings is 1. The summed E-state index contributed by atoms with van der Waals surface area (Å²) in [4.78, 5) is 34.5. The molecule has 3 aliphatic heterocycles. The average molecular weight is 474 g/mol. The van der Waals surface area contributed by atoms with E-state index in [0.717, 1.165) is 29.5 Å². The van der Waals surface area contributed by atoms with Crippen LogP contribution in [0.1, 0.15) is 18.5 Å². The minimum atomic E-state index is -0.926. The third-order valence-electron chi connectivity index (χ3n) is 6.51. The zero-order valence-corrected chi connectivity index (χ0v) is 19.0. The molecule has 0 aromatic carbocycles. The molecule has 0 radical (unpaired) electrons. The Labute approximate surface area is 195 Å². The lowest BCUT2D eigenvalue weighted by Crippen LogP contribution is -2.52. The summed E-state index contributed by atoms with van der Waals surface area (Å²) in [5.41, 5.74) is 6.30. The number of likely N-dealkylation sites (tertiary alicyclic amines) is 1. The van der Waals surface area contributed by atoms with Crippen LogP contribution in [0.15, 0.2) is 17.3 Å². The topological polar surface area (TPSA) is 151 Å². The van der Waals surface area contributed by atoms with E-state index < -0.39 is 12.2 Å². The monoisotopic (exact) mass is 473 g/mol. The number of nitrogen functional groups attached to an aromatic ring is 1. The molecule has 3 aliphatic rings. The number of amides is 1. The molecule has 5 rings (SSSR count). The first kappa shape index (κ1) is 22.3. The number of carbonyl (C=O) groups excluding carboxylic acids is 1. The van der Waals surface area contributed by atoms with Gasteiger partial charge in [0.1, 0.15) is 12.4 Å². The molecule has 0 spiro atoms. The van der Waals surface area contributed by atoms with Crippen molar-refractivity contribution in [1.29, 1.82) is 0 Å². The molecule has 2 aromatic heterocycles. The van der Waals surface area contributed by atoms with Crippen molar-refractivity contribution in [2.45, 2.75) is 35.0 Å². The maximum absolute atomic E-state index is 11.8. The predicted octanol–water partition coefficient (Wildman–Crippen LogP) is -0.285. The van der Waals surface area contributed by atoms with E-state index in [4.69, 9.17) is 25.5 Å². The number of hydrogen-bond donors (Lipinski definition) is 3. The SMILES string of the molecule is Nc1ncc(-c2nc3c(c(N4CCOCC4)n2)SC(C2(O)CCN(C(=O)CO)CC2)C3)cn1. The summed E-state index contributed by atoms with van der Waals surface area (Å²) < 4.78 is 5.52. The third-order valence-corrected chi connectivity index (χ3v) is 8.06. The fourth-order valence-corrected chi connectivity index (χ4v) is 6.07. The lowest BCUT2D eigenvalue weighted by Gasteiger charge is -2.41. The average Bonchev–Trinajstić information content (AvgIpc) is 3.30. The Balaban J connectivity index is 1.44. The van der Waals surface area contributed by atoms with E-state index >= 15 is 0 Å². The van der Waals surface area contributed by atoms with Gasteiger partial charge in [0.15, 0.2) is 5.82 Å². The van der Waals surface area contributed by atoms with E-state index in [1.807, 2.05) is 0 Å². The molecule has 1 atom stereocenters. The first-order valence-corrected chi connectivity index (χ1v) is 11.9. The summed E-state index contributed by atoms with van der Waals surface area (Å²) in [5.74, 6) is 1.28. The number of thioether (sulfide) groups is 1. The highest BCUT2D eigenvalue weighted by atomic mass is 32.2. The highest BCUT2D eigenvalue weighted by Crippen LogP contribution is 2.48. The van der Waals surface area contributed by atoms with E-state index in [9.17, 15) is 9.90 Å². The number of morpholine rings is 1. The molecule has 2 saturated heterocycles. The number of fused-ring (bicyclic) bond motifs is 1. The van der Waals surface area contributed by atoms with Crippen LogP contribution in [0, 0.1) is 0 Å². The van der Waals surface area contributed by atoms with Crippen molar-refractivity contribution in [3.8, 4) is 11.4 Å². The zero-order chi connectivity index (χ0) is 23.0. The molecule has 2 fully saturated rings. The Hall–Kier alpha value is -2.54. The van der Waals surface area contributed by atoms with E-state index in [1.165, 1.54) is 0 Å². The number of ether oxygens (including phenoxy) is 1. The molecule has 11 nitrogen and oxygen atoms in total. The molecule has 5 heterocycles. The number of aromatic nitrogens is 4. The summed E-state index contributed by atoms with van der Waals surface area (Å²) >= 11 is 1.62. The van der Waals surface area contributed by atoms with Gasteiger partial charge in [-0.25, -0.2) is 19.9 Å². The van der Waals surface area contributed by atoms with Crippen LogP contribution >= 0.6 is 11.8 Å². The quantitative estimate of drug-likeness (QED) is 0.537. The van der Waals surface area contributed by atoms with Gasteiger partial charge in [0.25, 0.3) is 0 Å². The van der Waals surface area contributed by atoms with Gasteiger partial charge < -0.3 is 30.5 Å². The number of nitrogens with zero attached hydrogens (tertiary/aromatic N) is 6. The third kappa shape index (κ3) is 4.35. The van der Waals surface area contributed by atoms with Gasteiger partial charge in [-0.05, 0) is 12.8 Å². The largest absolute Gasteiger partial charge is 0.389 e. The summed E-state index contributed by atoms with van der Waals surface area (Å²) in [6.45, 7) is 3.08. The second-order valence-electron chi connectivity index (χ2n) is 8.53. The molecule has 176 valence electrons. The molecule has 2 aromatic rings. The van der Waals surface area contributed by atoms with Gasteiger partial charge in [0, 0.05) is 50.2 Å². The molecule has 4 N–H and O–H groups in total. The summed E-state index contributed by atoms with van der Waals surface area (Å²) in [5, 5.41) is 20.5. The molecular formula is C21H27N7O4S. The lowest BCUT2D eigenvalue weighted by molar-refractivity contribution is -0.138. The Morgan fingerprint density at radius 3 is 2.55 bits per heavy atom. The Bertz CT molecular complexity index is 1020. The number of aliphatic hydroxyl groups excluding tert-OH is 1. The highest BCUT2D eigenvalue weighted by molar-refractivity contribution is 8.00. The van der Waals surface area contributed by atoms with Gasteiger partial charge in [-0.1, -0.05) is 0 Å². The minimum Gasteiger partial charge on any atom is -0.389 e. The zero-order valence-electron chi connectivity index (χ0n) is 18.2. The maximum Gasteiger partial charge on any atom is 0.248 e. The fraction of sp³-hybridized carbons (Fsp3) is 0.571. The predicted molar refractivity (Wildman–Crippen MR) is 122 cm³/mol. The van der Waals surface area contributed by atoms with Crippen LogP contribution < -0.4 is 10.6 Å². The number of carbonyl (C=O) groups is 1. The molecule has 0 aliphatic carbocycles. The van der Waals surface area contributed by atoms with Crippen LogP contribution in [0.2, 0.25) is 0 Å². The number of aliphatic hydroxyl groups is 2. The number of rotatable bonds is 4. The van der Waals surface area contributed by atoms with Crippen molar-refractivity contribution in [3.05, 3.63) is 18.1 Å². The van der Waals surface area contributed by atoms with Crippen LogP contribution in [0.4, 0.5) is 11.8 Å². The molecule has 1 unspecified atom stereocenters. The summed E-state index contributed by atoms with van der Waals surface area (Å²) in [6.07, 6.45) is 4.77. The van der Waals surface area contributed by atoms with Crippen molar-refractivity contribution < 1.29 is 19.7 Å². The van der Waals surface area contributed by atoms with Gasteiger partial charge >= 0.3 is 0 Å². The normalized spacial score (nSPS) is 22.3. The molecule has 0 saturated carbocycles. The van der Waals surface area contributed by atoms with Crippen molar-refractivity contribution in [2.24, 2.45) is 0 Å². The van der Waals surface area contributed by atoms with Gasteiger partial charge in [-0.15, -0.1) is 11.8 Å². The van der Waals surface area contributed by atoms with E-state index in [-0.39, 0.29) is 17.1 Å². The van der Waals surface area contributed by atoms with Crippen LogP contribution in [-0.4, -0.2) is 97.8 Å². The Morgan fingerprint density at radius 2 is 1.88 bits per heavy atom. The van der Waals surface area contributed by atoms with Gasteiger partial charge in [0.2, 0.25) is 11.9 Å². The number of anilines is 2. The van der Waals surface area contributed by atoms with Gasteiger partial charge in [-0.2, -0.15) is 0 Å². The Kier molecular flexibility index (Phi) is 6.08. The second-order valence-corrected chi connectivity index (χ2v) is 9.74. The van der Waals surface area contributed by atoms with Crippen LogP contribution in [0.25, 0.3) is 11.4 Å². The van der Waals surface area contributed by atoms with Crippen LogP contribution in [-0.2, 0) is 16.0 Å². The van der Waals surface area contributed by atoms with Crippen molar-refractivity contribution in [3.63, 3.8) is 0 Å². The summed E-state index contributed by atoms with van der Waals surface area (Å²) in [7, 11) is 0. The summed E-state index contributed by atoms with van der Waals surface area (Å²) in [6, 6.07) is 0. The van der Waals surface area contributed by atoms with Crippen molar-refractivity contribution in [1.82, 2.24) is 24.8 Å². The fourth-order valence-electron chi connectivity index (χ4n) is 4.54. The van der Waals surface area contributed by atoms with Crippen LogP contribution in [0.3, 0.4) is 0 Å². The van der Waals surface area contributed by atoms with Crippen molar-refractivity contribution >= 4 is 29.4 Å². The number of nitrogens with two attached hydrogens (primary N) is 1. The Morgan fingerprint density at radius 1 is 1.18 bits per heavy atom. The molecule has 1 amide bonds. The van der Waals surface area contributed by atoms with Gasteiger partial charge in [0.05, 0.1) is 35.0 Å². The van der Waals surface area contributed by atoms with Gasteiger partial charge in [-0.3, -0.25) is 4.79 Å². The minimum absolute atomic E-state index is 0.0918. The molecule has 0 bridgehead atoms. The number of hydrogen-bond acceptors (Lipinski definition) is 11. The molecular weight excluding hydrogens is 446 g/mol. The van der Waals surface area contributed by atoms with E-state index in [0.29, 0.717) is 57.0 Å². The first-order valence-electron chi connectivity index (χ1n) is 11.1. The van der Waals surface area contributed by atoms with Crippen LogP contribution in [0.5, 0.6) is 0 Å². The smallest absolute Gasteiger partial charge is 0.248 e. The molecule has 33 heavy (non-hydrogen) atoms. The van der Waals surface area contributed by atoms with E-state index in [1.54, 1.807) is 29.1 Å². The molecule has 12 heteroatoms. The first-order chi connectivity index (χ1) is 16.0. The standard InChI is InChI=1S/C21H27N7O4S/c22-20-23-10-13(11-24-20)18-25-14-9-15(21(31)1-3-27(4-2-21)16(30)12-29)33-17(14)19(26-18)28-5-7-32-8-6-28/h10-11,15,29,31H,1-9,12H2,(H2,22,23,24).